The van der Waals surface area contributed by atoms with Crippen LogP contribution in [0.1, 0.15) is 53.9 Å². The Bertz CT molecular complexity index is 289. The first-order valence-electron chi connectivity index (χ1n) is 7.13. The Morgan fingerprint density at radius 3 is 2.30 bits per heavy atom. The number of unbranched alkanes of at least 4 members (excludes halogenated alkanes) is 2. The van der Waals surface area contributed by atoms with Crippen molar-refractivity contribution in [1.82, 2.24) is 10.6 Å². The fourth-order valence-electron chi connectivity index (χ4n) is 1.44. The summed E-state index contributed by atoms with van der Waals surface area (Å²) >= 11 is 0. The molecule has 0 aliphatic carbocycles. The largest absolute Gasteiger partial charge is 0.459 e. The van der Waals surface area contributed by atoms with E-state index in [2.05, 4.69) is 22.5 Å². The fraction of sp³-hybridized carbons (Fsp3) is 0.857. The second kappa shape index (κ2) is 12.2. The van der Waals surface area contributed by atoms with Gasteiger partial charge in [0.15, 0.2) is 5.96 Å². The van der Waals surface area contributed by atoms with Gasteiger partial charge in [-0.05, 0) is 34.1 Å². The number of esters is 1. The first-order valence-corrected chi connectivity index (χ1v) is 7.13. The second-order valence-corrected chi connectivity index (χ2v) is 5.42. The molecular weight excluding hydrogens is 369 g/mol. The third kappa shape index (κ3) is 13.9. The van der Waals surface area contributed by atoms with Crippen molar-refractivity contribution in [2.24, 2.45) is 4.99 Å². The van der Waals surface area contributed by atoms with Crippen LogP contribution in [0.4, 0.5) is 0 Å². The van der Waals surface area contributed by atoms with Gasteiger partial charge in [-0.15, -0.1) is 24.0 Å². The van der Waals surface area contributed by atoms with Crippen molar-refractivity contribution in [3.8, 4) is 0 Å². The van der Waals surface area contributed by atoms with Gasteiger partial charge in [-0.2, -0.15) is 0 Å². The van der Waals surface area contributed by atoms with E-state index >= 15 is 0 Å². The average Bonchev–Trinajstić information content (AvgIpc) is 2.29. The summed E-state index contributed by atoms with van der Waals surface area (Å²) in [6, 6.07) is 0. The monoisotopic (exact) mass is 399 g/mol. The van der Waals surface area contributed by atoms with E-state index in [0.717, 1.165) is 19.5 Å². The lowest BCUT2D eigenvalue weighted by Gasteiger charge is -2.19. The van der Waals surface area contributed by atoms with Gasteiger partial charge >= 0.3 is 5.97 Å². The molecule has 0 rings (SSSR count). The van der Waals surface area contributed by atoms with Gasteiger partial charge in [0, 0.05) is 13.1 Å². The summed E-state index contributed by atoms with van der Waals surface area (Å²) < 4.78 is 5.21. The number of aliphatic imine (C=N–C) groups is 1. The van der Waals surface area contributed by atoms with Crippen LogP contribution in [0.3, 0.4) is 0 Å². The van der Waals surface area contributed by atoms with Crippen molar-refractivity contribution in [2.75, 3.05) is 19.6 Å². The number of nitrogens with one attached hydrogen (secondary N) is 2. The number of carbonyl (C=O) groups is 1. The van der Waals surface area contributed by atoms with Crippen molar-refractivity contribution in [1.29, 1.82) is 0 Å². The van der Waals surface area contributed by atoms with E-state index in [-0.39, 0.29) is 36.5 Å². The van der Waals surface area contributed by atoms with Gasteiger partial charge in [0.25, 0.3) is 0 Å². The number of ether oxygens (including phenoxy) is 1. The molecule has 0 saturated carbocycles. The molecular formula is C14H30IN3O2. The van der Waals surface area contributed by atoms with Crippen LogP contribution in [0.2, 0.25) is 0 Å². The SMILES string of the molecule is CCCCCNC(=NCC(=O)OC(C)(C)C)NCC.I. The quantitative estimate of drug-likeness (QED) is 0.227. The molecule has 0 spiro atoms. The van der Waals surface area contributed by atoms with Gasteiger partial charge in [0.2, 0.25) is 0 Å². The molecule has 6 heteroatoms. The maximum absolute atomic E-state index is 11.6. The van der Waals surface area contributed by atoms with Gasteiger partial charge < -0.3 is 15.4 Å². The van der Waals surface area contributed by atoms with E-state index in [1.807, 2.05) is 27.7 Å². The Morgan fingerprint density at radius 2 is 1.80 bits per heavy atom. The van der Waals surface area contributed by atoms with Crippen LogP contribution in [0.25, 0.3) is 0 Å². The molecule has 0 amide bonds. The van der Waals surface area contributed by atoms with Crippen LogP contribution < -0.4 is 10.6 Å². The van der Waals surface area contributed by atoms with E-state index in [1.165, 1.54) is 12.8 Å². The molecule has 0 radical (unpaired) electrons. The van der Waals surface area contributed by atoms with Crippen molar-refractivity contribution in [3.05, 3.63) is 0 Å². The van der Waals surface area contributed by atoms with Crippen LogP contribution in [0.15, 0.2) is 4.99 Å². The molecule has 0 aliphatic rings. The zero-order chi connectivity index (χ0) is 14.7. The Balaban J connectivity index is 0. The van der Waals surface area contributed by atoms with Crippen LogP contribution in [-0.2, 0) is 9.53 Å². The Kier molecular flexibility index (Phi) is 13.3. The van der Waals surface area contributed by atoms with Crippen LogP contribution >= 0.6 is 24.0 Å². The van der Waals surface area contributed by atoms with Gasteiger partial charge in [0.05, 0.1) is 0 Å². The molecule has 0 aliphatic heterocycles. The topological polar surface area (TPSA) is 62.7 Å². The van der Waals surface area contributed by atoms with Crippen molar-refractivity contribution < 1.29 is 9.53 Å². The minimum Gasteiger partial charge on any atom is -0.459 e. The predicted octanol–water partition coefficient (Wildman–Crippen LogP) is 2.69. The van der Waals surface area contributed by atoms with Crippen LogP contribution in [0, 0.1) is 0 Å². The number of nitrogens with zero attached hydrogens (tertiary/aromatic N) is 1. The van der Waals surface area contributed by atoms with Crippen molar-refractivity contribution in [2.45, 2.75) is 59.5 Å². The smallest absolute Gasteiger partial charge is 0.328 e. The number of guanidine groups is 1. The zero-order valence-corrected chi connectivity index (χ0v) is 15.7. The molecule has 0 aromatic rings. The maximum Gasteiger partial charge on any atom is 0.328 e. The minimum atomic E-state index is -0.459. The summed E-state index contributed by atoms with van der Waals surface area (Å²) in [7, 11) is 0. The van der Waals surface area contributed by atoms with E-state index in [1.54, 1.807) is 0 Å². The highest BCUT2D eigenvalue weighted by atomic mass is 127. The number of hydrogen-bond acceptors (Lipinski definition) is 3. The first-order chi connectivity index (χ1) is 8.89. The third-order valence-corrected chi connectivity index (χ3v) is 2.20. The zero-order valence-electron chi connectivity index (χ0n) is 13.4. The molecule has 5 nitrogen and oxygen atoms in total. The molecule has 2 N–H and O–H groups in total. The van der Waals surface area contributed by atoms with Crippen molar-refractivity contribution >= 4 is 35.9 Å². The summed E-state index contributed by atoms with van der Waals surface area (Å²) in [6.07, 6.45) is 3.49. The lowest BCUT2D eigenvalue weighted by Crippen LogP contribution is -2.38. The van der Waals surface area contributed by atoms with Gasteiger partial charge in [-0.1, -0.05) is 19.8 Å². The highest BCUT2D eigenvalue weighted by Crippen LogP contribution is 2.06. The summed E-state index contributed by atoms with van der Waals surface area (Å²) in [5.41, 5.74) is -0.459. The highest BCUT2D eigenvalue weighted by molar-refractivity contribution is 14.0. The summed E-state index contributed by atoms with van der Waals surface area (Å²) in [6.45, 7) is 11.4. The molecule has 0 bridgehead atoms. The van der Waals surface area contributed by atoms with Gasteiger partial charge in [-0.3, -0.25) is 4.79 Å². The van der Waals surface area contributed by atoms with E-state index in [0.29, 0.717) is 5.96 Å². The molecule has 0 saturated heterocycles. The lowest BCUT2D eigenvalue weighted by atomic mass is 10.2. The van der Waals surface area contributed by atoms with Crippen LogP contribution in [-0.4, -0.2) is 37.2 Å². The van der Waals surface area contributed by atoms with E-state index < -0.39 is 5.60 Å². The fourth-order valence-corrected chi connectivity index (χ4v) is 1.44. The molecule has 0 unspecified atom stereocenters. The summed E-state index contributed by atoms with van der Waals surface area (Å²) in [4.78, 5) is 15.8. The minimum absolute atomic E-state index is 0. The van der Waals surface area contributed by atoms with Gasteiger partial charge in [0.1, 0.15) is 12.1 Å². The molecule has 120 valence electrons. The molecule has 0 fully saturated rings. The predicted molar refractivity (Wildman–Crippen MR) is 94.8 cm³/mol. The van der Waals surface area contributed by atoms with Crippen molar-refractivity contribution in [3.63, 3.8) is 0 Å². The second-order valence-electron chi connectivity index (χ2n) is 5.42. The number of hydrogen-bond donors (Lipinski definition) is 2. The van der Waals surface area contributed by atoms with Crippen LogP contribution in [0.5, 0.6) is 0 Å². The van der Waals surface area contributed by atoms with Gasteiger partial charge in [-0.25, -0.2) is 4.99 Å². The number of halogens is 1. The number of carbonyl (C=O) groups excluding carboxylic acids is 1. The van der Waals surface area contributed by atoms with E-state index in [4.69, 9.17) is 4.74 Å². The molecule has 0 aromatic heterocycles. The average molecular weight is 399 g/mol. The maximum atomic E-state index is 11.6. The summed E-state index contributed by atoms with van der Waals surface area (Å²) in [5, 5.41) is 6.31. The molecule has 0 heterocycles. The molecule has 0 atom stereocenters. The first kappa shape index (κ1) is 21.8. The Labute approximate surface area is 140 Å². The highest BCUT2D eigenvalue weighted by Gasteiger charge is 2.15. The van der Waals surface area contributed by atoms with E-state index in [9.17, 15) is 4.79 Å². The molecule has 0 aromatic carbocycles. The molecule has 20 heavy (non-hydrogen) atoms. The third-order valence-electron chi connectivity index (χ3n) is 2.20. The normalized spacial score (nSPS) is 11.6. The lowest BCUT2D eigenvalue weighted by molar-refractivity contribution is -0.152. The summed E-state index contributed by atoms with van der Waals surface area (Å²) in [5.74, 6) is 0.364. The number of rotatable bonds is 7. The Hall–Kier alpha value is -0.530. The Morgan fingerprint density at radius 1 is 1.15 bits per heavy atom. The standard InChI is InChI=1S/C14H29N3O2.HI/c1-6-8-9-10-16-13(15-7-2)17-11-12(18)19-14(3,4)5;/h6-11H2,1-5H3,(H2,15,16,17);1H.